The van der Waals surface area contributed by atoms with Crippen molar-refractivity contribution >= 4 is 39.1 Å². The molecule has 0 bridgehead atoms. The van der Waals surface area contributed by atoms with E-state index in [0.717, 1.165) is 17.5 Å². The molecule has 1 aromatic carbocycles. The van der Waals surface area contributed by atoms with Crippen LogP contribution in [0.5, 0.6) is 11.8 Å². The summed E-state index contributed by atoms with van der Waals surface area (Å²) in [5.74, 6) is 0.710. The van der Waals surface area contributed by atoms with E-state index in [1.54, 1.807) is 36.2 Å². The number of aromatic amines is 1. The number of aliphatic hydroxyl groups is 1. The van der Waals surface area contributed by atoms with Crippen LogP contribution in [0.3, 0.4) is 0 Å². The standard InChI is InChI=1S/C24H23FN8O2/c1-3-13(12-34)14-9-32(10-14)23-20-17-6-15(25)7-18(26-2)21(17)29-22(20)30-24(31-23)35-16-8-27-19-4-5-28-33(19)11-16/h4-8,11,26,34H,3,9-10,12H2,1-2H3,(H,29,30,31). The van der Waals surface area contributed by atoms with Gasteiger partial charge in [-0.2, -0.15) is 15.1 Å². The lowest BCUT2D eigenvalue weighted by Gasteiger charge is -2.37. The van der Waals surface area contributed by atoms with E-state index in [-0.39, 0.29) is 18.4 Å². The summed E-state index contributed by atoms with van der Waals surface area (Å²) < 4.78 is 22.0. The van der Waals surface area contributed by atoms with Gasteiger partial charge < -0.3 is 25.0 Å². The molecule has 0 saturated carbocycles. The van der Waals surface area contributed by atoms with Crippen LogP contribution >= 0.6 is 0 Å². The van der Waals surface area contributed by atoms with E-state index in [4.69, 9.17) is 9.72 Å². The maximum absolute atomic E-state index is 14.5. The second kappa shape index (κ2) is 8.20. The fourth-order valence-electron chi connectivity index (χ4n) is 4.51. The summed E-state index contributed by atoms with van der Waals surface area (Å²) in [7, 11) is 1.74. The molecule has 0 aliphatic carbocycles. The van der Waals surface area contributed by atoms with Crippen LogP contribution in [0.25, 0.3) is 27.6 Å². The third-order valence-electron chi connectivity index (χ3n) is 6.37. The molecule has 178 valence electrons. The fraction of sp³-hybridized carbons (Fsp3) is 0.250. The first-order valence-corrected chi connectivity index (χ1v) is 11.3. The van der Waals surface area contributed by atoms with Crippen molar-refractivity contribution in [2.24, 2.45) is 0 Å². The van der Waals surface area contributed by atoms with Gasteiger partial charge in [0.05, 0.1) is 41.8 Å². The molecule has 10 nitrogen and oxygen atoms in total. The molecule has 4 aromatic heterocycles. The molecule has 1 fully saturated rings. The summed E-state index contributed by atoms with van der Waals surface area (Å²) >= 11 is 0. The Bertz CT molecular complexity index is 1610. The van der Waals surface area contributed by atoms with Gasteiger partial charge in [0.15, 0.2) is 11.4 Å². The second-order valence-corrected chi connectivity index (χ2v) is 8.40. The van der Waals surface area contributed by atoms with E-state index in [1.807, 2.05) is 6.92 Å². The Kier molecular flexibility index (Phi) is 4.99. The van der Waals surface area contributed by atoms with Gasteiger partial charge in [0, 0.05) is 31.6 Å². The van der Waals surface area contributed by atoms with Crippen LogP contribution in [0.2, 0.25) is 0 Å². The number of benzene rings is 1. The number of ether oxygens (including phenoxy) is 1. The summed E-state index contributed by atoms with van der Waals surface area (Å²) in [6.45, 7) is 3.32. The van der Waals surface area contributed by atoms with Gasteiger partial charge in [0.25, 0.3) is 0 Å². The van der Waals surface area contributed by atoms with Gasteiger partial charge in [-0.15, -0.1) is 0 Å². The average Bonchev–Trinajstić information content (AvgIpc) is 3.44. The van der Waals surface area contributed by atoms with E-state index >= 15 is 0 Å². The fourth-order valence-corrected chi connectivity index (χ4v) is 4.51. The third-order valence-corrected chi connectivity index (χ3v) is 6.37. The predicted octanol–water partition coefficient (Wildman–Crippen LogP) is 3.65. The van der Waals surface area contributed by atoms with Crippen LogP contribution in [0.4, 0.5) is 15.9 Å². The third kappa shape index (κ3) is 3.51. The number of H-pyrrole nitrogens is 1. The van der Waals surface area contributed by atoms with Gasteiger partial charge in [-0.1, -0.05) is 6.92 Å². The Labute approximate surface area is 199 Å². The van der Waals surface area contributed by atoms with Crippen molar-refractivity contribution in [3.8, 4) is 11.8 Å². The molecule has 1 aliphatic rings. The number of hydrogen-bond donors (Lipinski definition) is 3. The molecule has 6 rings (SSSR count). The highest BCUT2D eigenvalue weighted by Crippen LogP contribution is 2.39. The van der Waals surface area contributed by atoms with Crippen LogP contribution in [0.15, 0.2) is 47.9 Å². The molecule has 11 heteroatoms. The molecule has 1 saturated heterocycles. The highest BCUT2D eigenvalue weighted by Gasteiger charge is 2.29. The molecule has 3 N–H and O–H groups in total. The van der Waals surface area contributed by atoms with Crippen molar-refractivity contribution in [1.82, 2.24) is 29.5 Å². The molecule has 5 heterocycles. The van der Waals surface area contributed by atoms with E-state index in [2.05, 4.69) is 30.3 Å². The van der Waals surface area contributed by atoms with E-state index in [1.165, 1.54) is 17.7 Å². The maximum Gasteiger partial charge on any atom is 0.326 e. The number of aliphatic hydroxyl groups excluding tert-OH is 1. The minimum atomic E-state index is -0.356. The SMILES string of the molecule is CCC(CO)=C1CN(c2nc(Oc3cnc4ccnn4c3)nc3[nH]c4c(NC)cc(F)cc4c23)C1. The lowest BCUT2D eigenvalue weighted by molar-refractivity contribution is 0.324. The van der Waals surface area contributed by atoms with Crippen LogP contribution in [-0.2, 0) is 0 Å². The zero-order valence-electron chi connectivity index (χ0n) is 19.2. The Hall–Kier alpha value is -4.25. The maximum atomic E-state index is 14.5. The van der Waals surface area contributed by atoms with Gasteiger partial charge in [0.2, 0.25) is 0 Å². The van der Waals surface area contributed by atoms with Crippen molar-refractivity contribution in [3.05, 3.63) is 53.8 Å². The largest absolute Gasteiger partial charge is 0.421 e. The number of aromatic nitrogens is 6. The van der Waals surface area contributed by atoms with Gasteiger partial charge in [0.1, 0.15) is 17.3 Å². The first kappa shape index (κ1) is 21.3. The van der Waals surface area contributed by atoms with Crippen LogP contribution < -0.4 is 15.0 Å². The highest BCUT2D eigenvalue weighted by molar-refractivity contribution is 6.14. The van der Waals surface area contributed by atoms with Gasteiger partial charge in [-0.25, -0.2) is 13.9 Å². The summed E-state index contributed by atoms with van der Waals surface area (Å²) in [5.41, 5.74) is 4.80. The molecular weight excluding hydrogens is 451 g/mol. The number of nitrogens with one attached hydrogen (secondary N) is 2. The quantitative estimate of drug-likeness (QED) is 0.320. The lowest BCUT2D eigenvalue weighted by atomic mass is 9.99. The molecule has 35 heavy (non-hydrogen) atoms. The summed E-state index contributed by atoms with van der Waals surface area (Å²) in [4.78, 5) is 19.0. The molecule has 0 spiro atoms. The first-order chi connectivity index (χ1) is 17.1. The minimum absolute atomic E-state index is 0.0416. The minimum Gasteiger partial charge on any atom is -0.421 e. The van der Waals surface area contributed by atoms with Crippen molar-refractivity contribution in [3.63, 3.8) is 0 Å². The van der Waals surface area contributed by atoms with E-state index < -0.39 is 0 Å². The number of hydrogen-bond acceptors (Lipinski definition) is 8. The summed E-state index contributed by atoms with van der Waals surface area (Å²) in [6.07, 6.45) is 5.74. The molecule has 0 amide bonds. The molecule has 1 aliphatic heterocycles. The van der Waals surface area contributed by atoms with Crippen molar-refractivity contribution in [1.29, 1.82) is 0 Å². The summed E-state index contributed by atoms with van der Waals surface area (Å²) in [5, 5.41) is 18.3. The average molecular weight is 475 g/mol. The first-order valence-electron chi connectivity index (χ1n) is 11.3. The topological polar surface area (TPSA) is 116 Å². The second-order valence-electron chi connectivity index (χ2n) is 8.40. The van der Waals surface area contributed by atoms with Gasteiger partial charge in [-0.3, -0.25) is 0 Å². The predicted molar refractivity (Wildman–Crippen MR) is 131 cm³/mol. The van der Waals surface area contributed by atoms with Gasteiger partial charge in [-0.05, 0) is 29.7 Å². The van der Waals surface area contributed by atoms with Gasteiger partial charge >= 0.3 is 6.01 Å². The molecule has 0 atom stereocenters. The zero-order chi connectivity index (χ0) is 24.1. The summed E-state index contributed by atoms with van der Waals surface area (Å²) in [6, 6.07) is 4.85. The van der Waals surface area contributed by atoms with Crippen LogP contribution in [0, 0.1) is 5.82 Å². The van der Waals surface area contributed by atoms with Crippen LogP contribution in [-0.4, -0.2) is 61.4 Å². The van der Waals surface area contributed by atoms with Crippen molar-refractivity contribution in [2.45, 2.75) is 13.3 Å². The van der Waals surface area contributed by atoms with Crippen molar-refractivity contribution in [2.75, 3.05) is 37.0 Å². The molecule has 0 radical (unpaired) electrons. The number of nitrogens with zero attached hydrogens (tertiary/aromatic N) is 6. The normalized spacial score (nSPS) is 13.6. The number of anilines is 2. The highest BCUT2D eigenvalue weighted by atomic mass is 19.1. The lowest BCUT2D eigenvalue weighted by Crippen LogP contribution is -2.42. The number of halogens is 1. The molecule has 0 unspecified atom stereocenters. The Morgan fingerprint density at radius 2 is 2.14 bits per heavy atom. The van der Waals surface area contributed by atoms with E-state index in [9.17, 15) is 9.50 Å². The Morgan fingerprint density at radius 3 is 2.91 bits per heavy atom. The Morgan fingerprint density at radius 1 is 1.29 bits per heavy atom. The Balaban J connectivity index is 1.49. The molecule has 5 aromatic rings. The zero-order valence-corrected chi connectivity index (χ0v) is 19.2. The molecular formula is C24H23FN8O2. The monoisotopic (exact) mass is 474 g/mol. The van der Waals surface area contributed by atoms with Crippen LogP contribution in [0.1, 0.15) is 13.3 Å². The number of rotatable bonds is 6. The number of fused-ring (bicyclic) bond motifs is 4. The van der Waals surface area contributed by atoms with Crippen molar-refractivity contribution < 1.29 is 14.2 Å². The smallest absolute Gasteiger partial charge is 0.326 e. The van der Waals surface area contributed by atoms with E-state index in [0.29, 0.717) is 52.4 Å².